The van der Waals surface area contributed by atoms with Gasteiger partial charge < -0.3 is 10.6 Å². The molecule has 0 saturated carbocycles. The van der Waals surface area contributed by atoms with Gasteiger partial charge in [0, 0.05) is 19.5 Å². The number of nitrogens with one attached hydrogen (secondary N) is 2. The maximum absolute atomic E-state index is 11.5. The molecule has 18 heavy (non-hydrogen) atoms. The predicted octanol–water partition coefficient (Wildman–Crippen LogP) is 1.55. The molecule has 0 spiro atoms. The van der Waals surface area contributed by atoms with Crippen molar-refractivity contribution in [2.24, 2.45) is 5.92 Å². The molecule has 1 aliphatic rings. The van der Waals surface area contributed by atoms with E-state index in [4.69, 9.17) is 0 Å². The Bertz CT molecular complexity index is 370. The van der Waals surface area contributed by atoms with Crippen LogP contribution in [0.15, 0.2) is 24.3 Å². The first-order valence-corrected chi connectivity index (χ1v) is 6.27. The summed E-state index contributed by atoms with van der Waals surface area (Å²) in [5, 5.41) is 6.00. The number of rotatable bonds is 5. The van der Waals surface area contributed by atoms with Gasteiger partial charge in [-0.15, -0.1) is 12.4 Å². The van der Waals surface area contributed by atoms with Crippen LogP contribution in [0, 0.1) is 5.92 Å². The van der Waals surface area contributed by atoms with Gasteiger partial charge in [0.05, 0.1) is 0 Å². The zero-order valence-corrected chi connectivity index (χ0v) is 11.6. The van der Waals surface area contributed by atoms with Crippen molar-refractivity contribution in [1.82, 2.24) is 10.6 Å². The third-order valence-electron chi connectivity index (χ3n) is 3.33. The van der Waals surface area contributed by atoms with Crippen LogP contribution in [0.2, 0.25) is 0 Å². The van der Waals surface area contributed by atoms with E-state index >= 15 is 0 Å². The van der Waals surface area contributed by atoms with Crippen molar-refractivity contribution in [3.63, 3.8) is 0 Å². The Hall–Kier alpha value is -1.06. The molecule has 4 heteroatoms. The van der Waals surface area contributed by atoms with E-state index in [1.807, 2.05) is 7.05 Å². The molecule has 3 nitrogen and oxygen atoms in total. The fourth-order valence-electron chi connectivity index (χ4n) is 2.38. The van der Waals surface area contributed by atoms with Crippen molar-refractivity contribution in [2.75, 3.05) is 20.1 Å². The van der Waals surface area contributed by atoms with Crippen LogP contribution < -0.4 is 10.6 Å². The van der Waals surface area contributed by atoms with E-state index in [-0.39, 0.29) is 18.3 Å². The third kappa shape index (κ3) is 4.00. The molecule has 0 fully saturated rings. The highest BCUT2D eigenvalue weighted by Crippen LogP contribution is 2.25. The van der Waals surface area contributed by atoms with Gasteiger partial charge in [-0.05, 0) is 36.9 Å². The quantitative estimate of drug-likeness (QED) is 0.851. The van der Waals surface area contributed by atoms with Crippen molar-refractivity contribution < 1.29 is 4.79 Å². The van der Waals surface area contributed by atoms with Gasteiger partial charge in [-0.1, -0.05) is 24.3 Å². The van der Waals surface area contributed by atoms with Gasteiger partial charge in [0.25, 0.3) is 0 Å². The molecule has 1 aliphatic carbocycles. The maximum atomic E-state index is 11.5. The number of hydrogen-bond acceptors (Lipinski definition) is 2. The van der Waals surface area contributed by atoms with Crippen LogP contribution in [-0.2, 0) is 17.6 Å². The van der Waals surface area contributed by atoms with Gasteiger partial charge in [-0.2, -0.15) is 0 Å². The molecule has 0 aliphatic heterocycles. The van der Waals surface area contributed by atoms with Gasteiger partial charge in [-0.3, -0.25) is 4.79 Å². The summed E-state index contributed by atoms with van der Waals surface area (Å²) in [5.41, 5.74) is 2.89. The SMILES string of the molecule is CNCCC(=O)NCC1Cc2ccccc2C1.Cl. The summed E-state index contributed by atoms with van der Waals surface area (Å²) in [7, 11) is 1.86. The molecule has 1 aromatic carbocycles. The van der Waals surface area contributed by atoms with Gasteiger partial charge >= 0.3 is 0 Å². The minimum Gasteiger partial charge on any atom is -0.356 e. The fourth-order valence-corrected chi connectivity index (χ4v) is 2.38. The number of carbonyl (C=O) groups is 1. The van der Waals surface area contributed by atoms with Crippen LogP contribution in [-0.4, -0.2) is 26.0 Å². The second-order valence-electron chi connectivity index (χ2n) is 4.70. The Balaban J connectivity index is 0.00000162. The second kappa shape index (κ2) is 7.39. The summed E-state index contributed by atoms with van der Waals surface area (Å²) in [6.07, 6.45) is 2.77. The molecule has 0 atom stereocenters. The Morgan fingerprint density at radius 1 is 1.28 bits per heavy atom. The standard InChI is InChI=1S/C14H20N2O.ClH/c1-15-7-6-14(17)16-10-11-8-12-4-2-3-5-13(12)9-11;/h2-5,11,15H,6-10H2,1H3,(H,16,17);1H. The van der Waals surface area contributed by atoms with Crippen molar-refractivity contribution in [1.29, 1.82) is 0 Å². The topological polar surface area (TPSA) is 41.1 Å². The van der Waals surface area contributed by atoms with Gasteiger partial charge in [-0.25, -0.2) is 0 Å². The lowest BCUT2D eigenvalue weighted by Crippen LogP contribution is -2.31. The second-order valence-corrected chi connectivity index (χ2v) is 4.70. The smallest absolute Gasteiger partial charge is 0.221 e. The molecule has 1 aromatic rings. The molecule has 100 valence electrons. The van der Waals surface area contributed by atoms with E-state index in [2.05, 4.69) is 34.9 Å². The molecule has 0 heterocycles. The third-order valence-corrected chi connectivity index (χ3v) is 3.33. The van der Waals surface area contributed by atoms with Gasteiger partial charge in [0.15, 0.2) is 0 Å². The number of benzene rings is 1. The average Bonchev–Trinajstić information content (AvgIpc) is 2.76. The van der Waals surface area contributed by atoms with Crippen LogP contribution in [0.3, 0.4) is 0 Å². The van der Waals surface area contributed by atoms with E-state index in [0.717, 1.165) is 25.9 Å². The molecular weight excluding hydrogens is 248 g/mol. The van der Waals surface area contributed by atoms with Crippen molar-refractivity contribution >= 4 is 18.3 Å². The number of amides is 1. The Morgan fingerprint density at radius 3 is 2.44 bits per heavy atom. The Kier molecular flexibility index (Phi) is 6.16. The summed E-state index contributed by atoms with van der Waals surface area (Å²) in [5.74, 6) is 0.723. The molecule has 1 amide bonds. The molecule has 0 aromatic heterocycles. The normalized spacial score (nSPS) is 13.8. The number of halogens is 1. The van der Waals surface area contributed by atoms with Crippen LogP contribution in [0.1, 0.15) is 17.5 Å². The highest BCUT2D eigenvalue weighted by atomic mass is 35.5. The monoisotopic (exact) mass is 268 g/mol. The molecule has 2 rings (SSSR count). The lowest BCUT2D eigenvalue weighted by atomic mass is 10.1. The highest BCUT2D eigenvalue weighted by molar-refractivity contribution is 5.85. The number of fused-ring (bicyclic) bond motifs is 1. The van der Waals surface area contributed by atoms with Crippen molar-refractivity contribution in [3.8, 4) is 0 Å². The lowest BCUT2D eigenvalue weighted by molar-refractivity contribution is -0.121. The molecule has 0 radical (unpaired) electrons. The predicted molar refractivity (Wildman–Crippen MR) is 76.1 cm³/mol. The van der Waals surface area contributed by atoms with Gasteiger partial charge in [0.1, 0.15) is 0 Å². The van der Waals surface area contributed by atoms with E-state index in [9.17, 15) is 4.79 Å². The first kappa shape index (κ1) is 15.0. The fraction of sp³-hybridized carbons (Fsp3) is 0.500. The zero-order valence-electron chi connectivity index (χ0n) is 10.7. The zero-order chi connectivity index (χ0) is 12.1. The van der Waals surface area contributed by atoms with E-state index in [0.29, 0.717) is 12.3 Å². The minimum atomic E-state index is 0. The largest absolute Gasteiger partial charge is 0.356 e. The van der Waals surface area contributed by atoms with Crippen molar-refractivity contribution in [2.45, 2.75) is 19.3 Å². The summed E-state index contributed by atoms with van der Waals surface area (Å²) >= 11 is 0. The first-order chi connectivity index (χ1) is 8.29. The van der Waals surface area contributed by atoms with E-state index in [1.54, 1.807) is 0 Å². The summed E-state index contributed by atoms with van der Waals surface area (Å²) in [6.45, 7) is 1.55. The van der Waals surface area contributed by atoms with Crippen LogP contribution in [0.5, 0.6) is 0 Å². The highest BCUT2D eigenvalue weighted by Gasteiger charge is 2.20. The summed E-state index contributed by atoms with van der Waals surface area (Å²) in [6, 6.07) is 8.57. The van der Waals surface area contributed by atoms with E-state index in [1.165, 1.54) is 11.1 Å². The first-order valence-electron chi connectivity index (χ1n) is 6.27. The van der Waals surface area contributed by atoms with Crippen LogP contribution in [0.25, 0.3) is 0 Å². The number of hydrogen-bond donors (Lipinski definition) is 2. The lowest BCUT2D eigenvalue weighted by Gasteiger charge is -2.10. The number of carbonyl (C=O) groups excluding carboxylic acids is 1. The Morgan fingerprint density at radius 2 is 1.89 bits per heavy atom. The summed E-state index contributed by atoms with van der Waals surface area (Å²) < 4.78 is 0. The maximum Gasteiger partial charge on any atom is 0.221 e. The minimum absolute atomic E-state index is 0. The van der Waals surface area contributed by atoms with E-state index < -0.39 is 0 Å². The Labute approximate surface area is 115 Å². The van der Waals surface area contributed by atoms with Crippen LogP contribution in [0.4, 0.5) is 0 Å². The molecule has 0 bridgehead atoms. The molecule has 0 unspecified atom stereocenters. The molecular formula is C14H21ClN2O. The average molecular weight is 269 g/mol. The summed E-state index contributed by atoms with van der Waals surface area (Å²) in [4.78, 5) is 11.5. The molecule has 2 N–H and O–H groups in total. The van der Waals surface area contributed by atoms with Crippen molar-refractivity contribution in [3.05, 3.63) is 35.4 Å². The van der Waals surface area contributed by atoms with Gasteiger partial charge in [0.2, 0.25) is 5.91 Å². The molecule has 0 saturated heterocycles. The van der Waals surface area contributed by atoms with Crippen LogP contribution >= 0.6 is 12.4 Å².